The first-order chi connectivity index (χ1) is 10.9. The molecule has 3 N–H and O–H groups in total. The number of hydrogen-bond acceptors (Lipinski definition) is 4. The van der Waals surface area contributed by atoms with Crippen LogP contribution in [0.2, 0.25) is 0 Å². The standard InChI is InChI=1S/C14H20BrNO.C2H2O4/c1-17-14-8-7-12(15)9-11(14)10-16-13-5-3-2-4-6-13;3-1(4)2(5)6/h7-9,13,16H,2-6,10H2,1H3;(H,3,4)(H,5,6). The van der Waals surface area contributed by atoms with E-state index in [0.717, 1.165) is 16.8 Å². The molecule has 1 aliphatic rings. The molecule has 6 nitrogen and oxygen atoms in total. The molecule has 0 unspecified atom stereocenters. The summed E-state index contributed by atoms with van der Waals surface area (Å²) in [6.45, 7) is 0.896. The lowest BCUT2D eigenvalue weighted by Crippen LogP contribution is -2.30. The summed E-state index contributed by atoms with van der Waals surface area (Å²) in [6, 6.07) is 6.85. The lowest BCUT2D eigenvalue weighted by atomic mass is 9.95. The van der Waals surface area contributed by atoms with E-state index in [1.807, 2.05) is 12.1 Å². The summed E-state index contributed by atoms with van der Waals surface area (Å²) >= 11 is 3.51. The fourth-order valence-corrected chi connectivity index (χ4v) is 2.85. The molecule has 0 spiro atoms. The largest absolute Gasteiger partial charge is 0.496 e. The average Bonchev–Trinajstić information content (AvgIpc) is 2.54. The zero-order valence-corrected chi connectivity index (χ0v) is 14.6. The van der Waals surface area contributed by atoms with E-state index in [-0.39, 0.29) is 0 Å². The summed E-state index contributed by atoms with van der Waals surface area (Å²) in [5.74, 6) is -2.68. The number of carboxylic acids is 2. The molecule has 0 heterocycles. The first-order valence-electron chi connectivity index (χ1n) is 7.46. The van der Waals surface area contributed by atoms with Gasteiger partial charge in [0, 0.05) is 22.6 Å². The Bertz CT molecular complexity index is 517. The van der Waals surface area contributed by atoms with Crippen molar-refractivity contribution in [2.75, 3.05) is 7.11 Å². The molecule has 128 valence electrons. The topological polar surface area (TPSA) is 95.9 Å². The smallest absolute Gasteiger partial charge is 0.414 e. The molecule has 0 amide bonds. The van der Waals surface area contributed by atoms with E-state index in [1.54, 1.807) is 7.11 Å². The van der Waals surface area contributed by atoms with E-state index < -0.39 is 11.9 Å². The number of nitrogens with one attached hydrogen (secondary N) is 1. The normalized spacial score (nSPS) is 14.5. The van der Waals surface area contributed by atoms with Gasteiger partial charge in [-0.3, -0.25) is 0 Å². The van der Waals surface area contributed by atoms with Crippen LogP contribution in [0.4, 0.5) is 0 Å². The predicted octanol–water partition coefficient (Wildman–Crippen LogP) is 3.04. The van der Waals surface area contributed by atoms with Gasteiger partial charge in [0.15, 0.2) is 0 Å². The first-order valence-corrected chi connectivity index (χ1v) is 8.25. The molecule has 1 aromatic rings. The van der Waals surface area contributed by atoms with Crippen LogP contribution in [0.3, 0.4) is 0 Å². The highest BCUT2D eigenvalue weighted by atomic mass is 79.9. The second-order valence-electron chi connectivity index (χ2n) is 5.28. The molecule has 0 atom stereocenters. The van der Waals surface area contributed by atoms with E-state index in [1.165, 1.54) is 37.7 Å². The van der Waals surface area contributed by atoms with Crippen molar-refractivity contribution in [1.82, 2.24) is 5.32 Å². The fourth-order valence-electron chi connectivity index (χ4n) is 2.45. The van der Waals surface area contributed by atoms with Crippen molar-refractivity contribution in [3.05, 3.63) is 28.2 Å². The van der Waals surface area contributed by atoms with Crippen LogP contribution in [0.25, 0.3) is 0 Å². The summed E-state index contributed by atoms with van der Waals surface area (Å²) in [4.78, 5) is 18.2. The third-order valence-corrected chi connectivity index (χ3v) is 4.11. The van der Waals surface area contributed by atoms with Crippen molar-refractivity contribution in [3.63, 3.8) is 0 Å². The number of carboxylic acid groups (broad SMARTS) is 2. The quantitative estimate of drug-likeness (QED) is 0.687. The fraction of sp³-hybridized carbons (Fsp3) is 0.500. The molecular weight excluding hydrogens is 366 g/mol. The molecule has 1 saturated carbocycles. The van der Waals surface area contributed by atoms with Gasteiger partial charge in [0.25, 0.3) is 0 Å². The first kappa shape index (κ1) is 19.4. The Morgan fingerprint density at radius 2 is 1.83 bits per heavy atom. The van der Waals surface area contributed by atoms with Gasteiger partial charge in [0.1, 0.15) is 5.75 Å². The van der Waals surface area contributed by atoms with Gasteiger partial charge < -0.3 is 20.3 Å². The van der Waals surface area contributed by atoms with Crippen molar-refractivity contribution in [3.8, 4) is 5.75 Å². The van der Waals surface area contributed by atoms with Gasteiger partial charge in [0.2, 0.25) is 0 Å². The number of hydrogen-bond donors (Lipinski definition) is 3. The highest BCUT2D eigenvalue weighted by Crippen LogP contribution is 2.24. The lowest BCUT2D eigenvalue weighted by Gasteiger charge is -2.23. The second-order valence-corrected chi connectivity index (χ2v) is 6.20. The zero-order chi connectivity index (χ0) is 17.2. The molecular formula is C16H22BrNO5. The number of aliphatic carboxylic acids is 2. The second kappa shape index (κ2) is 10.2. The SMILES string of the molecule is COc1ccc(Br)cc1CNC1CCCCC1.O=C(O)C(=O)O. The predicted molar refractivity (Wildman–Crippen MR) is 89.7 cm³/mol. The van der Waals surface area contributed by atoms with E-state index in [4.69, 9.17) is 24.5 Å². The summed E-state index contributed by atoms with van der Waals surface area (Å²) in [5, 5.41) is 18.4. The number of carbonyl (C=O) groups is 2. The monoisotopic (exact) mass is 387 g/mol. The third kappa shape index (κ3) is 7.47. The lowest BCUT2D eigenvalue weighted by molar-refractivity contribution is -0.159. The summed E-state index contributed by atoms with van der Waals surface area (Å²) in [6.07, 6.45) is 6.77. The van der Waals surface area contributed by atoms with Crippen LogP contribution in [0, 0.1) is 0 Å². The molecule has 0 saturated heterocycles. The summed E-state index contributed by atoms with van der Waals surface area (Å²) in [5.41, 5.74) is 1.23. The number of ether oxygens (including phenoxy) is 1. The van der Waals surface area contributed by atoms with Gasteiger partial charge in [-0.05, 0) is 31.0 Å². The number of halogens is 1. The molecule has 7 heteroatoms. The van der Waals surface area contributed by atoms with E-state index in [0.29, 0.717) is 6.04 Å². The minimum Gasteiger partial charge on any atom is -0.496 e. The maximum atomic E-state index is 9.10. The van der Waals surface area contributed by atoms with Gasteiger partial charge >= 0.3 is 11.9 Å². The number of rotatable bonds is 4. The Balaban J connectivity index is 0.000000379. The maximum Gasteiger partial charge on any atom is 0.414 e. The van der Waals surface area contributed by atoms with Crippen molar-refractivity contribution in [2.24, 2.45) is 0 Å². The molecule has 0 bridgehead atoms. The Labute approximate surface area is 144 Å². The molecule has 0 aromatic heterocycles. The average molecular weight is 388 g/mol. The van der Waals surface area contributed by atoms with Crippen molar-refractivity contribution in [1.29, 1.82) is 0 Å². The van der Waals surface area contributed by atoms with E-state index in [9.17, 15) is 0 Å². The van der Waals surface area contributed by atoms with Crippen LogP contribution < -0.4 is 10.1 Å². The molecule has 0 radical (unpaired) electrons. The number of benzene rings is 1. The number of methoxy groups -OCH3 is 1. The molecule has 1 aromatic carbocycles. The Kier molecular flexibility index (Phi) is 8.65. The molecule has 1 fully saturated rings. The van der Waals surface area contributed by atoms with Crippen LogP contribution in [0.5, 0.6) is 5.75 Å². The molecule has 2 rings (SSSR count). The maximum absolute atomic E-state index is 9.10. The molecule has 0 aliphatic heterocycles. The van der Waals surface area contributed by atoms with Crippen LogP contribution in [0.1, 0.15) is 37.7 Å². The van der Waals surface area contributed by atoms with Gasteiger partial charge in [-0.1, -0.05) is 35.2 Å². The Hall–Kier alpha value is -1.60. The van der Waals surface area contributed by atoms with E-state index in [2.05, 4.69) is 27.3 Å². The van der Waals surface area contributed by atoms with Gasteiger partial charge in [-0.2, -0.15) is 0 Å². The van der Waals surface area contributed by atoms with Crippen LogP contribution in [-0.4, -0.2) is 35.3 Å². The van der Waals surface area contributed by atoms with Crippen LogP contribution in [-0.2, 0) is 16.1 Å². The van der Waals surface area contributed by atoms with Crippen LogP contribution in [0.15, 0.2) is 22.7 Å². The van der Waals surface area contributed by atoms with Gasteiger partial charge in [-0.25, -0.2) is 9.59 Å². The third-order valence-electron chi connectivity index (χ3n) is 3.61. The minimum absolute atomic E-state index is 0.687. The zero-order valence-electron chi connectivity index (χ0n) is 13.0. The van der Waals surface area contributed by atoms with Gasteiger partial charge in [0.05, 0.1) is 7.11 Å². The van der Waals surface area contributed by atoms with Crippen molar-refractivity contribution >= 4 is 27.9 Å². The molecule has 23 heavy (non-hydrogen) atoms. The highest BCUT2D eigenvalue weighted by molar-refractivity contribution is 9.10. The minimum atomic E-state index is -1.82. The van der Waals surface area contributed by atoms with Gasteiger partial charge in [-0.15, -0.1) is 0 Å². The summed E-state index contributed by atoms with van der Waals surface area (Å²) in [7, 11) is 1.73. The van der Waals surface area contributed by atoms with Crippen molar-refractivity contribution in [2.45, 2.75) is 44.7 Å². The highest BCUT2D eigenvalue weighted by Gasteiger charge is 2.13. The van der Waals surface area contributed by atoms with Crippen molar-refractivity contribution < 1.29 is 24.5 Å². The summed E-state index contributed by atoms with van der Waals surface area (Å²) < 4.78 is 6.49. The Morgan fingerprint density at radius 1 is 1.22 bits per heavy atom. The molecule has 1 aliphatic carbocycles. The van der Waals surface area contributed by atoms with E-state index >= 15 is 0 Å². The Morgan fingerprint density at radius 3 is 2.35 bits per heavy atom. The van der Waals surface area contributed by atoms with Crippen LogP contribution >= 0.6 is 15.9 Å².